The van der Waals surface area contributed by atoms with Gasteiger partial charge in [-0.15, -0.1) is 0 Å². The maximum Gasteiger partial charge on any atom is 0.243 e. The topological polar surface area (TPSA) is 66.5 Å². The number of amides is 1. The number of piperidine rings is 1. The molecule has 5 nitrogen and oxygen atoms in total. The molecule has 2 aromatic rings. The highest BCUT2D eigenvalue weighted by molar-refractivity contribution is 7.89. The standard InChI is InChI=1S/C23H30N2O3S/c1-18-6-9-22(10-7-18)29(27,28)25-14-12-20(13-15-25)8-11-23(26)24-17-21-5-3-4-19(2)16-21/h3-7,9-10,16,20H,8,11-15,17H2,1-2H3,(H,24,26). The van der Waals surface area contributed by atoms with E-state index in [0.29, 0.717) is 36.9 Å². The smallest absolute Gasteiger partial charge is 0.243 e. The van der Waals surface area contributed by atoms with Crippen LogP contribution >= 0.6 is 0 Å². The Labute approximate surface area is 174 Å². The van der Waals surface area contributed by atoms with Gasteiger partial charge >= 0.3 is 0 Å². The van der Waals surface area contributed by atoms with Crippen LogP contribution in [0.5, 0.6) is 0 Å². The molecule has 3 rings (SSSR count). The minimum atomic E-state index is -3.42. The highest BCUT2D eigenvalue weighted by atomic mass is 32.2. The zero-order valence-electron chi connectivity index (χ0n) is 17.2. The van der Waals surface area contributed by atoms with Gasteiger partial charge in [0.1, 0.15) is 0 Å². The van der Waals surface area contributed by atoms with Crippen molar-refractivity contribution in [3.8, 4) is 0 Å². The first-order valence-electron chi connectivity index (χ1n) is 10.2. The van der Waals surface area contributed by atoms with Gasteiger partial charge in [0.2, 0.25) is 15.9 Å². The number of hydrogen-bond acceptors (Lipinski definition) is 3. The van der Waals surface area contributed by atoms with E-state index in [2.05, 4.69) is 11.4 Å². The monoisotopic (exact) mass is 414 g/mol. The second kappa shape index (κ2) is 9.55. The van der Waals surface area contributed by atoms with Gasteiger partial charge in [0.15, 0.2) is 0 Å². The van der Waals surface area contributed by atoms with Gasteiger partial charge in [-0.3, -0.25) is 4.79 Å². The lowest BCUT2D eigenvalue weighted by molar-refractivity contribution is -0.121. The number of nitrogens with one attached hydrogen (secondary N) is 1. The van der Waals surface area contributed by atoms with Crippen LogP contribution in [0.25, 0.3) is 0 Å². The fourth-order valence-electron chi connectivity index (χ4n) is 3.74. The maximum atomic E-state index is 12.8. The molecular formula is C23H30N2O3S. The largest absolute Gasteiger partial charge is 0.352 e. The lowest BCUT2D eigenvalue weighted by atomic mass is 9.93. The Morgan fingerprint density at radius 2 is 1.72 bits per heavy atom. The number of hydrogen-bond donors (Lipinski definition) is 1. The van der Waals surface area contributed by atoms with E-state index < -0.39 is 10.0 Å². The van der Waals surface area contributed by atoms with Gasteiger partial charge < -0.3 is 5.32 Å². The second-order valence-electron chi connectivity index (χ2n) is 7.96. The van der Waals surface area contributed by atoms with Crippen molar-refractivity contribution in [2.45, 2.75) is 51.0 Å². The van der Waals surface area contributed by atoms with Crippen LogP contribution in [0.2, 0.25) is 0 Å². The maximum absolute atomic E-state index is 12.8. The summed E-state index contributed by atoms with van der Waals surface area (Å²) in [6, 6.07) is 15.1. The first-order valence-corrected chi connectivity index (χ1v) is 11.7. The molecule has 2 aromatic carbocycles. The van der Waals surface area contributed by atoms with Gasteiger partial charge in [-0.05, 0) is 56.7 Å². The lowest BCUT2D eigenvalue weighted by Crippen LogP contribution is -2.38. The van der Waals surface area contributed by atoms with Crippen molar-refractivity contribution in [3.63, 3.8) is 0 Å². The van der Waals surface area contributed by atoms with Crippen molar-refractivity contribution in [1.82, 2.24) is 9.62 Å². The summed E-state index contributed by atoms with van der Waals surface area (Å²) in [5.74, 6) is 0.449. The van der Waals surface area contributed by atoms with Crippen molar-refractivity contribution < 1.29 is 13.2 Å². The third-order valence-corrected chi connectivity index (χ3v) is 7.50. The van der Waals surface area contributed by atoms with Gasteiger partial charge in [-0.2, -0.15) is 4.31 Å². The highest BCUT2D eigenvalue weighted by Crippen LogP contribution is 2.26. The predicted octanol–water partition coefficient (Wildman–Crippen LogP) is 3.80. The average Bonchev–Trinajstić information content (AvgIpc) is 2.71. The van der Waals surface area contributed by atoms with Crippen LogP contribution < -0.4 is 5.32 Å². The third-order valence-electron chi connectivity index (χ3n) is 5.58. The molecule has 1 saturated heterocycles. The zero-order valence-corrected chi connectivity index (χ0v) is 18.0. The first-order chi connectivity index (χ1) is 13.8. The molecule has 0 atom stereocenters. The average molecular weight is 415 g/mol. The third kappa shape index (κ3) is 5.90. The quantitative estimate of drug-likeness (QED) is 0.749. The molecule has 1 aliphatic heterocycles. The van der Waals surface area contributed by atoms with Crippen LogP contribution in [0.15, 0.2) is 53.4 Å². The van der Waals surface area contributed by atoms with Crippen LogP contribution in [-0.4, -0.2) is 31.7 Å². The summed E-state index contributed by atoms with van der Waals surface area (Å²) < 4.78 is 27.1. The fraction of sp³-hybridized carbons (Fsp3) is 0.435. The van der Waals surface area contributed by atoms with Crippen molar-refractivity contribution >= 4 is 15.9 Å². The van der Waals surface area contributed by atoms with Crippen LogP contribution in [-0.2, 0) is 21.4 Å². The van der Waals surface area contributed by atoms with E-state index in [4.69, 9.17) is 0 Å². The van der Waals surface area contributed by atoms with E-state index in [-0.39, 0.29) is 5.91 Å². The van der Waals surface area contributed by atoms with E-state index in [9.17, 15) is 13.2 Å². The Bertz CT molecular complexity index is 931. The van der Waals surface area contributed by atoms with E-state index in [1.807, 2.05) is 44.2 Å². The van der Waals surface area contributed by atoms with Crippen molar-refractivity contribution in [1.29, 1.82) is 0 Å². The molecule has 156 valence electrons. The van der Waals surface area contributed by atoms with Gasteiger partial charge in [0, 0.05) is 26.1 Å². The van der Waals surface area contributed by atoms with Gasteiger partial charge in [0.05, 0.1) is 4.90 Å². The molecule has 0 aliphatic carbocycles. The molecule has 0 bridgehead atoms. The SMILES string of the molecule is Cc1ccc(S(=O)(=O)N2CCC(CCC(=O)NCc3cccc(C)c3)CC2)cc1. The van der Waals surface area contributed by atoms with Gasteiger partial charge in [0.25, 0.3) is 0 Å². The molecule has 1 fully saturated rings. The Balaban J connectivity index is 1.42. The molecule has 0 spiro atoms. The normalized spacial score (nSPS) is 15.9. The zero-order chi connectivity index (χ0) is 20.9. The highest BCUT2D eigenvalue weighted by Gasteiger charge is 2.29. The molecule has 6 heteroatoms. The van der Waals surface area contributed by atoms with E-state index in [0.717, 1.165) is 30.4 Å². The molecule has 0 saturated carbocycles. The van der Waals surface area contributed by atoms with Crippen LogP contribution in [0.4, 0.5) is 0 Å². The summed E-state index contributed by atoms with van der Waals surface area (Å²) in [4.78, 5) is 12.5. The number of benzene rings is 2. The minimum absolute atomic E-state index is 0.0567. The molecule has 1 amide bonds. The minimum Gasteiger partial charge on any atom is -0.352 e. The number of nitrogens with zero attached hydrogens (tertiary/aromatic N) is 1. The molecule has 29 heavy (non-hydrogen) atoms. The van der Waals surface area contributed by atoms with Crippen molar-refractivity contribution in [2.24, 2.45) is 5.92 Å². The summed E-state index contributed by atoms with van der Waals surface area (Å²) in [6.45, 7) is 5.57. The Hall–Kier alpha value is -2.18. The first kappa shape index (κ1) is 21.5. The summed E-state index contributed by atoms with van der Waals surface area (Å²) in [5, 5.41) is 2.98. The molecule has 1 aliphatic rings. The van der Waals surface area contributed by atoms with Gasteiger partial charge in [-0.25, -0.2) is 8.42 Å². The Morgan fingerprint density at radius 1 is 1.03 bits per heavy atom. The predicted molar refractivity (Wildman–Crippen MR) is 115 cm³/mol. The number of carbonyl (C=O) groups excluding carboxylic acids is 1. The number of carbonyl (C=O) groups is 1. The van der Waals surface area contributed by atoms with Crippen LogP contribution in [0, 0.1) is 19.8 Å². The molecule has 0 aromatic heterocycles. The fourth-order valence-corrected chi connectivity index (χ4v) is 5.21. The van der Waals surface area contributed by atoms with Gasteiger partial charge in [-0.1, -0.05) is 47.5 Å². The van der Waals surface area contributed by atoms with E-state index in [1.54, 1.807) is 16.4 Å². The lowest BCUT2D eigenvalue weighted by Gasteiger charge is -2.31. The van der Waals surface area contributed by atoms with Crippen LogP contribution in [0.1, 0.15) is 42.4 Å². The summed E-state index contributed by atoms with van der Waals surface area (Å²) in [6.07, 6.45) is 2.89. The van der Waals surface area contributed by atoms with E-state index >= 15 is 0 Å². The number of aryl methyl sites for hydroxylation is 2. The molecular weight excluding hydrogens is 384 g/mol. The summed E-state index contributed by atoms with van der Waals surface area (Å²) in [7, 11) is -3.42. The summed E-state index contributed by atoms with van der Waals surface area (Å²) in [5.41, 5.74) is 3.33. The van der Waals surface area contributed by atoms with Crippen molar-refractivity contribution in [2.75, 3.05) is 13.1 Å². The molecule has 0 radical (unpaired) electrons. The van der Waals surface area contributed by atoms with E-state index in [1.165, 1.54) is 5.56 Å². The molecule has 1 heterocycles. The number of rotatable bonds is 7. The summed E-state index contributed by atoms with van der Waals surface area (Å²) >= 11 is 0. The van der Waals surface area contributed by atoms with Crippen LogP contribution in [0.3, 0.4) is 0 Å². The second-order valence-corrected chi connectivity index (χ2v) is 9.90. The molecule has 0 unspecified atom stereocenters. The van der Waals surface area contributed by atoms with Crippen molar-refractivity contribution in [3.05, 3.63) is 65.2 Å². The Kier molecular flexibility index (Phi) is 7.09. The Morgan fingerprint density at radius 3 is 2.38 bits per heavy atom. The molecule has 1 N–H and O–H groups in total. The number of sulfonamides is 1.